The van der Waals surface area contributed by atoms with Crippen molar-refractivity contribution in [1.29, 1.82) is 0 Å². The molecule has 1 aliphatic heterocycles. The highest BCUT2D eigenvalue weighted by atomic mass is 16.5. The van der Waals surface area contributed by atoms with Crippen molar-refractivity contribution in [3.8, 4) is 0 Å². The number of rotatable bonds is 5. The number of carbonyl (C=O) groups excluding carboxylic acids is 1. The quantitative estimate of drug-likeness (QED) is 0.839. The van der Waals surface area contributed by atoms with Crippen molar-refractivity contribution in [3.05, 3.63) is 47.0 Å². The number of aromatic nitrogens is 3. The number of ether oxygens (including phenoxy) is 1. The SMILES string of the molecule is CN(Cc1cccnc1)C(=O)CCc1nn(C)c2c1COCC2. The lowest BCUT2D eigenvalue weighted by Crippen LogP contribution is -2.26. The van der Waals surface area contributed by atoms with Crippen LogP contribution in [0.5, 0.6) is 0 Å². The fourth-order valence-corrected chi connectivity index (χ4v) is 2.96. The van der Waals surface area contributed by atoms with Crippen LogP contribution in [-0.2, 0) is 42.6 Å². The van der Waals surface area contributed by atoms with Gasteiger partial charge in [-0.3, -0.25) is 14.5 Å². The van der Waals surface area contributed by atoms with Crippen LogP contribution in [0.3, 0.4) is 0 Å². The lowest BCUT2D eigenvalue weighted by molar-refractivity contribution is -0.130. The fraction of sp³-hybridized carbons (Fsp3) is 0.471. The van der Waals surface area contributed by atoms with E-state index < -0.39 is 0 Å². The summed E-state index contributed by atoms with van der Waals surface area (Å²) in [5, 5.41) is 4.56. The van der Waals surface area contributed by atoms with Crippen molar-refractivity contribution in [2.75, 3.05) is 13.7 Å². The van der Waals surface area contributed by atoms with Crippen LogP contribution in [-0.4, -0.2) is 39.2 Å². The summed E-state index contributed by atoms with van der Waals surface area (Å²) in [6, 6.07) is 3.86. The first-order valence-electron chi connectivity index (χ1n) is 7.89. The summed E-state index contributed by atoms with van der Waals surface area (Å²) in [6.45, 7) is 1.94. The standard InChI is InChI=1S/C17H22N4O2/c1-20(11-13-4-3-8-18-10-13)17(22)6-5-15-14-12-23-9-7-16(14)21(2)19-15/h3-4,8,10H,5-7,9,11-12H2,1-2H3. The van der Waals surface area contributed by atoms with E-state index in [0.717, 1.165) is 24.3 Å². The minimum atomic E-state index is 0.116. The van der Waals surface area contributed by atoms with Crippen LogP contribution in [0, 0.1) is 0 Å². The number of fused-ring (bicyclic) bond motifs is 1. The Kier molecular flexibility index (Phi) is 4.71. The second-order valence-electron chi connectivity index (χ2n) is 5.91. The average molecular weight is 314 g/mol. The van der Waals surface area contributed by atoms with E-state index in [1.807, 2.05) is 30.9 Å². The minimum absolute atomic E-state index is 0.116. The second-order valence-corrected chi connectivity index (χ2v) is 5.91. The number of carbonyl (C=O) groups is 1. The number of amides is 1. The molecule has 0 aromatic carbocycles. The maximum Gasteiger partial charge on any atom is 0.223 e. The van der Waals surface area contributed by atoms with Gasteiger partial charge in [0, 0.05) is 63.6 Å². The van der Waals surface area contributed by atoms with Gasteiger partial charge in [0.05, 0.1) is 18.9 Å². The van der Waals surface area contributed by atoms with Gasteiger partial charge in [-0.15, -0.1) is 0 Å². The number of hydrogen-bond acceptors (Lipinski definition) is 4. The molecule has 0 fully saturated rings. The molecule has 0 spiro atoms. The Morgan fingerprint density at radius 1 is 1.48 bits per heavy atom. The van der Waals surface area contributed by atoms with E-state index in [2.05, 4.69) is 10.1 Å². The van der Waals surface area contributed by atoms with Crippen LogP contribution in [0.2, 0.25) is 0 Å². The summed E-state index contributed by atoms with van der Waals surface area (Å²) >= 11 is 0. The molecular formula is C17H22N4O2. The summed E-state index contributed by atoms with van der Waals surface area (Å²) in [4.78, 5) is 18.2. The molecule has 0 atom stereocenters. The van der Waals surface area contributed by atoms with Crippen LogP contribution in [0.15, 0.2) is 24.5 Å². The Morgan fingerprint density at radius 2 is 2.35 bits per heavy atom. The van der Waals surface area contributed by atoms with Crippen molar-refractivity contribution < 1.29 is 9.53 Å². The van der Waals surface area contributed by atoms with Gasteiger partial charge in [0.25, 0.3) is 0 Å². The molecule has 0 bridgehead atoms. The van der Waals surface area contributed by atoms with Gasteiger partial charge in [0.2, 0.25) is 5.91 Å². The molecule has 2 aromatic rings. The van der Waals surface area contributed by atoms with E-state index in [9.17, 15) is 4.79 Å². The Bertz CT molecular complexity index is 681. The summed E-state index contributed by atoms with van der Waals surface area (Å²) in [7, 11) is 3.79. The highest BCUT2D eigenvalue weighted by Crippen LogP contribution is 2.21. The van der Waals surface area contributed by atoms with Gasteiger partial charge in [-0.2, -0.15) is 5.10 Å². The molecule has 0 radical (unpaired) electrons. The molecule has 2 aromatic heterocycles. The van der Waals surface area contributed by atoms with Crippen LogP contribution in [0.1, 0.15) is 28.9 Å². The van der Waals surface area contributed by atoms with Crippen LogP contribution >= 0.6 is 0 Å². The van der Waals surface area contributed by atoms with E-state index >= 15 is 0 Å². The molecular weight excluding hydrogens is 292 g/mol. The van der Waals surface area contributed by atoms with Gasteiger partial charge in [-0.05, 0) is 11.6 Å². The average Bonchev–Trinajstić information content (AvgIpc) is 2.90. The van der Waals surface area contributed by atoms with E-state index in [0.29, 0.717) is 26.0 Å². The van der Waals surface area contributed by atoms with Gasteiger partial charge >= 0.3 is 0 Å². The molecule has 0 aliphatic carbocycles. The largest absolute Gasteiger partial charge is 0.376 e. The first-order valence-corrected chi connectivity index (χ1v) is 7.89. The van der Waals surface area contributed by atoms with E-state index in [1.165, 1.54) is 11.3 Å². The zero-order valence-electron chi connectivity index (χ0n) is 13.7. The lowest BCUT2D eigenvalue weighted by atomic mass is 10.1. The molecule has 0 unspecified atom stereocenters. The molecule has 0 saturated carbocycles. The van der Waals surface area contributed by atoms with Crippen molar-refractivity contribution in [2.45, 2.75) is 32.4 Å². The molecule has 23 heavy (non-hydrogen) atoms. The van der Waals surface area contributed by atoms with Crippen LogP contribution < -0.4 is 0 Å². The Hall–Kier alpha value is -2.21. The maximum atomic E-state index is 12.3. The summed E-state index contributed by atoms with van der Waals surface area (Å²) in [5.74, 6) is 0.116. The summed E-state index contributed by atoms with van der Waals surface area (Å²) < 4.78 is 7.46. The molecule has 0 saturated heterocycles. The predicted octanol–water partition coefficient (Wildman–Crippen LogP) is 1.48. The Balaban J connectivity index is 1.59. The Morgan fingerprint density at radius 3 is 3.13 bits per heavy atom. The van der Waals surface area contributed by atoms with Crippen LogP contribution in [0.4, 0.5) is 0 Å². The maximum absolute atomic E-state index is 12.3. The van der Waals surface area contributed by atoms with Crippen molar-refractivity contribution >= 4 is 5.91 Å². The number of pyridine rings is 1. The van der Waals surface area contributed by atoms with Gasteiger partial charge in [-0.25, -0.2) is 0 Å². The highest BCUT2D eigenvalue weighted by molar-refractivity contribution is 5.76. The molecule has 1 amide bonds. The third-order valence-corrected chi connectivity index (χ3v) is 4.23. The minimum Gasteiger partial charge on any atom is -0.376 e. The molecule has 6 heteroatoms. The van der Waals surface area contributed by atoms with E-state index in [-0.39, 0.29) is 5.91 Å². The lowest BCUT2D eigenvalue weighted by Gasteiger charge is -2.17. The molecule has 3 rings (SSSR count). The second kappa shape index (κ2) is 6.91. The third kappa shape index (κ3) is 3.59. The van der Waals surface area contributed by atoms with Crippen molar-refractivity contribution in [1.82, 2.24) is 19.7 Å². The van der Waals surface area contributed by atoms with Gasteiger partial charge in [-0.1, -0.05) is 6.07 Å². The first kappa shape index (κ1) is 15.7. The zero-order valence-corrected chi connectivity index (χ0v) is 13.7. The smallest absolute Gasteiger partial charge is 0.223 e. The molecule has 3 heterocycles. The van der Waals surface area contributed by atoms with Crippen LogP contribution in [0.25, 0.3) is 0 Å². The Labute approximate surface area is 136 Å². The summed E-state index contributed by atoms with van der Waals surface area (Å²) in [6.07, 6.45) is 5.53. The molecule has 6 nitrogen and oxygen atoms in total. The fourth-order valence-electron chi connectivity index (χ4n) is 2.96. The number of nitrogens with zero attached hydrogens (tertiary/aromatic N) is 4. The molecule has 122 valence electrons. The normalized spacial score (nSPS) is 13.7. The number of hydrogen-bond donors (Lipinski definition) is 0. The van der Waals surface area contributed by atoms with Crippen molar-refractivity contribution in [2.24, 2.45) is 7.05 Å². The third-order valence-electron chi connectivity index (χ3n) is 4.23. The predicted molar refractivity (Wildman–Crippen MR) is 85.6 cm³/mol. The first-order chi connectivity index (χ1) is 11.1. The van der Waals surface area contributed by atoms with Gasteiger partial charge in [0.15, 0.2) is 0 Å². The van der Waals surface area contributed by atoms with Gasteiger partial charge < -0.3 is 9.64 Å². The molecule has 0 N–H and O–H groups in total. The van der Waals surface area contributed by atoms with Gasteiger partial charge in [0.1, 0.15) is 0 Å². The number of aryl methyl sites for hydroxylation is 2. The highest BCUT2D eigenvalue weighted by Gasteiger charge is 2.20. The monoisotopic (exact) mass is 314 g/mol. The topological polar surface area (TPSA) is 60.2 Å². The van der Waals surface area contributed by atoms with E-state index in [1.54, 1.807) is 17.3 Å². The molecule has 1 aliphatic rings. The van der Waals surface area contributed by atoms with E-state index in [4.69, 9.17) is 4.74 Å². The zero-order chi connectivity index (χ0) is 16.2. The summed E-state index contributed by atoms with van der Waals surface area (Å²) in [5.41, 5.74) is 4.43. The van der Waals surface area contributed by atoms with Crippen molar-refractivity contribution in [3.63, 3.8) is 0 Å².